The number of nitrogens with one attached hydrogen (secondary N) is 1. The minimum absolute atomic E-state index is 0.133. The largest absolute Gasteiger partial charge is 0.322 e. The Morgan fingerprint density at radius 2 is 1.58 bits per heavy atom. The number of carbonyl (C=O) groups is 1. The normalized spacial score (nSPS) is 11.8. The van der Waals surface area contributed by atoms with E-state index < -0.39 is 10.0 Å². The molecule has 1 N–H and O–H groups in total. The maximum atomic E-state index is 12.4. The zero-order valence-electron chi connectivity index (χ0n) is 13.7. The SMILES string of the molecule is CC(C)N(C)S(=O)(=O)c1ccc(NC(=O)c2ccc(Br)cc2)cc1. The van der Waals surface area contributed by atoms with Crippen LogP contribution in [0, 0.1) is 0 Å². The van der Waals surface area contributed by atoms with E-state index in [0.29, 0.717) is 11.3 Å². The highest BCUT2D eigenvalue weighted by atomic mass is 79.9. The van der Waals surface area contributed by atoms with Crippen molar-refractivity contribution in [3.8, 4) is 0 Å². The lowest BCUT2D eigenvalue weighted by molar-refractivity contribution is 0.102. The summed E-state index contributed by atoms with van der Waals surface area (Å²) in [6, 6.07) is 13.0. The molecule has 0 heterocycles. The maximum Gasteiger partial charge on any atom is 0.255 e. The van der Waals surface area contributed by atoms with Crippen LogP contribution in [0.3, 0.4) is 0 Å². The second-order valence-electron chi connectivity index (χ2n) is 5.60. The molecule has 0 spiro atoms. The molecule has 0 radical (unpaired) electrons. The Balaban J connectivity index is 2.15. The van der Waals surface area contributed by atoms with E-state index in [-0.39, 0.29) is 16.8 Å². The Bertz CT molecular complexity index is 816. The topological polar surface area (TPSA) is 66.5 Å². The summed E-state index contributed by atoms with van der Waals surface area (Å²) < 4.78 is 27.0. The minimum Gasteiger partial charge on any atom is -0.322 e. The van der Waals surface area contributed by atoms with Crippen molar-refractivity contribution in [2.75, 3.05) is 12.4 Å². The van der Waals surface area contributed by atoms with E-state index in [1.807, 2.05) is 13.8 Å². The lowest BCUT2D eigenvalue weighted by atomic mass is 10.2. The number of nitrogens with zero attached hydrogens (tertiary/aromatic N) is 1. The molecule has 2 aromatic rings. The maximum absolute atomic E-state index is 12.4. The zero-order chi connectivity index (χ0) is 17.9. The molecule has 0 bridgehead atoms. The van der Waals surface area contributed by atoms with Gasteiger partial charge in [-0.2, -0.15) is 4.31 Å². The van der Waals surface area contributed by atoms with Gasteiger partial charge in [0.25, 0.3) is 5.91 Å². The van der Waals surface area contributed by atoms with Gasteiger partial charge in [-0.3, -0.25) is 4.79 Å². The summed E-state index contributed by atoms with van der Waals surface area (Å²) in [7, 11) is -1.98. The average Bonchev–Trinajstić information content (AvgIpc) is 2.55. The van der Waals surface area contributed by atoms with Gasteiger partial charge in [-0.05, 0) is 62.4 Å². The Labute approximate surface area is 150 Å². The second kappa shape index (κ2) is 7.46. The highest BCUT2D eigenvalue weighted by Gasteiger charge is 2.22. The summed E-state index contributed by atoms with van der Waals surface area (Å²) in [5.41, 5.74) is 1.06. The number of anilines is 1. The van der Waals surface area contributed by atoms with E-state index in [4.69, 9.17) is 0 Å². The molecule has 2 aromatic carbocycles. The smallest absolute Gasteiger partial charge is 0.255 e. The third kappa shape index (κ3) is 4.23. The quantitative estimate of drug-likeness (QED) is 0.816. The summed E-state index contributed by atoms with van der Waals surface area (Å²) in [6.07, 6.45) is 0. The van der Waals surface area contributed by atoms with Crippen molar-refractivity contribution in [2.45, 2.75) is 24.8 Å². The molecule has 24 heavy (non-hydrogen) atoms. The van der Waals surface area contributed by atoms with Crippen LogP contribution >= 0.6 is 15.9 Å². The first-order valence-corrected chi connectivity index (χ1v) is 9.60. The van der Waals surface area contributed by atoms with Gasteiger partial charge < -0.3 is 5.32 Å². The molecule has 0 unspecified atom stereocenters. The van der Waals surface area contributed by atoms with Gasteiger partial charge >= 0.3 is 0 Å². The lowest BCUT2D eigenvalue weighted by Gasteiger charge is -2.21. The van der Waals surface area contributed by atoms with E-state index in [1.54, 1.807) is 43.4 Å². The molecule has 2 rings (SSSR count). The molecular formula is C17H19BrN2O3S. The molecule has 0 fully saturated rings. The number of amides is 1. The fraction of sp³-hybridized carbons (Fsp3) is 0.235. The first kappa shape index (κ1) is 18.6. The van der Waals surface area contributed by atoms with Crippen LogP contribution in [-0.2, 0) is 10.0 Å². The molecule has 0 aliphatic carbocycles. The summed E-state index contributed by atoms with van der Waals surface area (Å²) in [6.45, 7) is 3.62. The van der Waals surface area contributed by atoms with E-state index in [2.05, 4.69) is 21.2 Å². The van der Waals surface area contributed by atoms with Crippen LogP contribution in [-0.4, -0.2) is 31.7 Å². The van der Waals surface area contributed by atoms with Crippen LogP contribution in [0.15, 0.2) is 57.9 Å². The van der Waals surface area contributed by atoms with Crippen LogP contribution in [0.1, 0.15) is 24.2 Å². The fourth-order valence-corrected chi connectivity index (χ4v) is 3.59. The molecule has 0 saturated carbocycles. The van der Waals surface area contributed by atoms with Crippen molar-refractivity contribution in [1.29, 1.82) is 0 Å². The predicted octanol–water partition coefficient (Wildman–Crippen LogP) is 3.73. The number of carbonyl (C=O) groups excluding carboxylic acids is 1. The van der Waals surface area contributed by atoms with Gasteiger partial charge in [-0.25, -0.2) is 8.42 Å². The van der Waals surface area contributed by atoms with Crippen LogP contribution in [0.5, 0.6) is 0 Å². The molecule has 0 saturated heterocycles. The summed E-state index contributed by atoms with van der Waals surface area (Å²) in [5, 5.41) is 2.75. The monoisotopic (exact) mass is 410 g/mol. The van der Waals surface area contributed by atoms with Crippen molar-refractivity contribution >= 4 is 37.5 Å². The Morgan fingerprint density at radius 1 is 1.04 bits per heavy atom. The molecule has 0 aliphatic heterocycles. The number of rotatable bonds is 5. The molecule has 1 amide bonds. The first-order valence-electron chi connectivity index (χ1n) is 7.37. The van der Waals surface area contributed by atoms with Crippen molar-refractivity contribution in [3.63, 3.8) is 0 Å². The average molecular weight is 411 g/mol. The fourth-order valence-electron chi connectivity index (χ4n) is 1.96. The predicted molar refractivity (Wildman–Crippen MR) is 98.6 cm³/mol. The van der Waals surface area contributed by atoms with Crippen LogP contribution in [0.25, 0.3) is 0 Å². The van der Waals surface area contributed by atoms with E-state index >= 15 is 0 Å². The van der Waals surface area contributed by atoms with E-state index in [1.165, 1.54) is 16.4 Å². The first-order chi connectivity index (χ1) is 11.2. The number of halogens is 1. The van der Waals surface area contributed by atoms with E-state index in [9.17, 15) is 13.2 Å². The van der Waals surface area contributed by atoms with Crippen LogP contribution in [0.4, 0.5) is 5.69 Å². The molecule has 0 aliphatic rings. The Hall–Kier alpha value is -1.70. The Kier molecular flexibility index (Phi) is 5.79. The number of hydrogen-bond donors (Lipinski definition) is 1. The van der Waals surface area contributed by atoms with E-state index in [0.717, 1.165) is 4.47 Å². The van der Waals surface area contributed by atoms with Crippen molar-refractivity contribution < 1.29 is 13.2 Å². The van der Waals surface area contributed by atoms with Gasteiger partial charge in [0.2, 0.25) is 10.0 Å². The molecule has 7 heteroatoms. The van der Waals surface area contributed by atoms with Gasteiger partial charge in [-0.1, -0.05) is 15.9 Å². The second-order valence-corrected chi connectivity index (χ2v) is 8.51. The van der Waals surface area contributed by atoms with Crippen molar-refractivity contribution in [3.05, 3.63) is 58.6 Å². The number of hydrogen-bond acceptors (Lipinski definition) is 3. The van der Waals surface area contributed by atoms with Gasteiger partial charge in [0.05, 0.1) is 4.90 Å². The van der Waals surface area contributed by atoms with Crippen molar-refractivity contribution in [1.82, 2.24) is 4.31 Å². The molecule has 0 atom stereocenters. The van der Waals surface area contributed by atoms with Gasteiger partial charge in [-0.15, -0.1) is 0 Å². The molecule has 0 aromatic heterocycles. The summed E-state index contributed by atoms with van der Waals surface area (Å²) in [5.74, 6) is -0.252. The molecule has 128 valence electrons. The number of benzene rings is 2. The van der Waals surface area contributed by atoms with Crippen LogP contribution in [0.2, 0.25) is 0 Å². The third-order valence-electron chi connectivity index (χ3n) is 3.62. The minimum atomic E-state index is -3.52. The van der Waals surface area contributed by atoms with Gasteiger partial charge in [0.15, 0.2) is 0 Å². The molecule has 5 nitrogen and oxygen atoms in total. The van der Waals surface area contributed by atoms with Gasteiger partial charge in [0.1, 0.15) is 0 Å². The van der Waals surface area contributed by atoms with Gasteiger partial charge in [0, 0.05) is 28.8 Å². The lowest BCUT2D eigenvalue weighted by Crippen LogP contribution is -2.33. The van der Waals surface area contributed by atoms with Crippen LogP contribution < -0.4 is 5.32 Å². The third-order valence-corrected chi connectivity index (χ3v) is 6.20. The standard InChI is InChI=1S/C17H19BrN2O3S/c1-12(2)20(3)24(22,23)16-10-8-15(9-11-16)19-17(21)13-4-6-14(18)7-5-13/h4-12H,1-3H3,(H,19,21). The zero-order valence-corrected chi connectivity index (χ0v) is 16.1. The molecular weight excluding hydrogens is 392 g/mol. The number of sulfonamides is 1. The highest BCUT2D eigenvalue weighted by Crippen LogP contribution is 2.19. The summed E-state index contributed by atoms with van der Waals surface area (Å²) >= 11 is 3.32. The highest BCUT2D eigenvalue weighted by molar-refractivity contribution is 9.10. The Morgan fingerprint density at radius 3 is 2.08 bits per heavy atom. The summed E-state index contributed by atoms with van der Waals surface area (Å²) in [4.78, 5) is 12.3. The van der Waals surface area contributed by atoms with Crippen molar-refractivity contribution in [2.24, 2.45) is 0 Å².